The Hall–Kier alpha value is -2.58. The summed E-state index contributed by atoms with van der Waals surface area (Å²) < 4.78 is 25.7. The second kappa shape index (κ2) is 8.16. The molecule has 0 spiro atoms. The summed E-state index contributed by atoms with van der Waals surface area (Å²) in [6.07, 6.45) is 3.04. The van der Waals surface area contributed by atoms with Crippen molar-refractivity contribution in [3.63, 3.8) is 0 Å². The maximum atomic E-state index is 14.7. The Labute approximate surface area is 181 Å². The number of hydrogen-bond acceptors (Lipinski definition) is 7. The Morgan fingerprint density at radius 1 is 1.16 bits per heavy atom. The summed E-state index contributed by atoms with van der Waals surface area (Å²) in [6.45, 7) is 8.41. The fraction of sp³-hybridized carbons (Fsp3) is 0.522. The van der Waals surface area contributed by atoms with Crippen molar-refractivity contribution in [1.82, 2.24) is 20.4 Å². The van der Waals surface area contributed by atoms with Crippen LogP contribution in [0.2, 0.25) is 0 Å². The molecule has 2 aliphatic rings. The quantitative estimate of drug-likeness (QED) is 0.682. The number of rotatable bonds is 4. The molecule has 3 atom stereocenters. The fourth-order valence-corrected chi connectivity index (χ4v) is 4.90. The summed E-state index contributed by atoms with van der Waals surface area (Å²) in [5.74, 6) is 1.39. The van der Waals surface area contributed by atoms with Crippen LogP contribution in [-0.2, 0) is 4.74 Å². The molecule has 0 bridgehead atoms. The van der Waals surface area contributed by atoms with Gasteiger partial charge in [-0.25, -0.2) is 9.37 Å². The van der Waals surface area contributed by atoms with Gasteiger partial charge in [0.15, 0.2) is 5.82 Å². The third kappa shape index (κ3) is 3.78. The summed E-state index contributed by atoms with van der Waals surface area (Å²) in [6, 6.07) is 6.16. The summed E-state index contributed by atoms with van der Waals surface area (Å²) >= 11 is 0. The van der Waals surface area contributed by atoms with Gasteiger partial charge in [-0.3, -0.25) is 0 Å². The molecule has 0 aliphatic carbocycles. The maximum absolute atomic E-state index is 14.7. The molecule has 2 aliphatic heterocycles. The van der Waals surface area contributed by atoms with Crippen LogP contribution in [0, 0.1) is 19.7 Å². The Morgan fingerprint density at radius 2 is 2.03 bits per heavy atom. The smallest absolute Gasteiger partial charge is 0.261 e. The van der Waals surface area contributed by atoms with E-state index in [1.807, 2.05) is 13.0 Å². The van der Waals surface area contributed by atoms with E-state index in [2.05, 4.69) is 27.3 Å². The largest absolute Gasteiger partial charge is 0.380 e. The van der Waals surface area contributed by atoms with Crippen LogP contribution in [0.3, 0.4) is 0 Å². The first-order valence-corrected chi connectivity index (χ1v) is 11.0. The van der Waals surface area contributed by atoms with Crippen LogP contribution < -0.4 is 10.2 Å². The van der Waals surface area contributed by atoms with Gasteiger partial charge in [-0.05, 0) is 51.7 Å². The number of benzene rings is 1. The average molecular weight is 426 g/mol. The summed E-state index contributed by atoms with van der Waals surface area (Å²) in [5, 5.41) is 8.49. The SMILES string of the molecule is Cc1noc(-c2c(N3CC[C@@H](NC4CCOC4)C[C@H]3C)nc3c(F)cccc3c2C)n1. The molecule has 7 nitrogen and oxygen atoms in total. The van der Waals surface area contributed by atoms with Crippen molar-refractivity contribution >= 4 is 16.7 Å². The number of aromatic nitrogens is 3. The third-order valence-corrected chi connectivity index (χ3v) is 6.50. The molecule has 2 saturated heterocycles. The van der Waals surface area contributed by atoms with E-state index >= 15 is 0 Å². The van der Waals surface area contributed by atoms with Gasteiger partial charge in [0.05, 0.1) is 12.2 Å². The highest BCUT2D eigenvalue weighted by Gasteiger charge is 2.32. The van der Waals surface area contributed by atoms with Crippen LogP contribution >= 0.6 is 0 Å². The zero-order valence-corrected chi connectivity index (χ0v) is 18.2. The predicted octanol–water partition coefficient (Wildman–Crippen LogP) is 3.78. The lowest BCUT2D eigenvalue weighted by Gasteiger charge is -2.40. The molecule has 1 aromatic carbocycles. The number of fused-ring (bicyclic) bond motifs is 1. The zero-order chi connectivity index (χ0) is 21.5. The average Bonchev–Trinajstić information content (AvgIpc) is 3.40. The number of nitrogens with zero attached hydrogens (tertiary/aromatic N) is 4. The maximum Gasteiger partial charge on any atom is 0.261 e. The molecule has 164 valence electrons. The first kappa shape index (κ1) is 20.3. The highest BCUT2D eigenvalue weighted by Crippen LogP contribution is 2.38. The molecule has 4 heterocycles. The van der Waals surface area contributed by atoms with E-state index in [1.54, 1.807) is 13.0 Å². The van der Waals surface area contributed by atoms with Gasteiger partial charge < -0.3 is 19.5 Å². The number of aryl methyl sites for hydroxylation is 2. The van der Waals surface area contributed by atoms with E-state index in [-0.39, 0.29) is 11.9 Å². The minimum Gasteiger partial charge on any atom is -0.380 e. The van der Waals surface area contributed by atoms with Crippen molar-refractivity contribution in [3.05, 3.63) is 35.4 Å². The lowest BCUT2D eigenvalue weighted by molar-refractivity contribution is 0.185. The normalized spacial score (nSPS) is 24.3. The first-order chi connectivity index (χ1) is 15.0. The highest BCUT2D eigenvalue weighted by molar-refractivity contribution is 5.92. The van der Waals surface area contributed by atoms with Gasteiger partial charge in [-0.15, -0.1) is 0 Å². The molecular formula is C23H28FN5O2. The van der Waals surface area contributed by atoms with Gasteiger partial charge in [-0.2, -0.15) is 4.98 Å². The van der Waals surface area contributed by atoms with Crippen LogP contribution in [0.5, 0.6) is 0 Å². The van der Waals surface area contributed by atoms with Gasteiger partial charge in [-0.1, -0.05) is 17.3 Å². The van der Waals surface area contributed by atoms with Gasteiger partial charge in [0, 0.05) is 36.7 Å². The Balaban J connectivity index is 1.53. The van der Waals surface area contributed by atoms with Crippen LogP contribution in [0.25, 0.3) is 22.4 Å². The molecule has 1 N–H and O–H groups in total. The second-order valence-corrected chi connectivity index (χ2v) is 8.71. The van der Waals surface area contributed by atoms with Gasteiger partial charge in [0.25, 0.3) is 5.89 Å². The molecule has 2 aromatic heterocycles. The number of anilines is 1. The van der Waals surface area contributed by atoms with E-state index in [4.69, 9.17) is 14.2 Å². The molecule has 2 fully saturated rings. The fourth-order valence-electron chi connectivity index (χ4n) is 4.90. The van der Waals surface area contributed by atoms with E-state index < -0.39 is 0 Å². The first-order valence-electron chi connectivity index (χ1n) is 11.0. The third-order valence-electron chi connectivity index (χ3n) is 6.50. The van der Waals surface area contributed by atoms with Gasteiger partial charge in [0.2, 0.25) is 0 Å². The Kier molecular flexibility index (Phi) is 5.35. The number of ether oxygens (including phenoxy) is 1. The lowest BCUT2D eigenvalue weighted by Crippen LogP contribution is -2.50. The van der Waals surface area contributed by atoms with E-state index in [0.717, 1.165) is 55.5 Å². The van der Waals surface area contributed by atoms with Crippen LogP contribution in [0.4, 0.5) is 10.2 Å². The topological polar surface area (TPSA) is 76.3 Å². The van der Waals surface area contributed by atoms with E-state index in [9.17, 15) is 4.39 Å². The second-order valence-electron chi connectivity index (χ2n) is 8.71. The number of piperidine rings is 1. The monoisotopic (exact) mass is 425 g/mol. The summed E-state index contributed by atoms with van der Waals surface area (Å²) in [4.78, 5) is 11.5. The number of hydrogen-bond donors (Lipinski definition) is 1. The molecule has 31 heavy (non-hydrogen) atoms. The molecule has 5 rings (SSSR count). The Morgan fingerprint density at radius 3 is 2.74 bits per heavy atom. The van der Waals surface area contributed by atoms with Crippen molar-refractivity contribution in [2.24, 2.45) is 0 Å². The van der Waals surface area contributed by atoms with Gasteiger partial charge in [0.1, 0.15) is 17.2 Å². The van der Waals surface area contributed by atoms with Gasteiger partial charge >= 0.3 is 0 Å². The number of halogens is 1. The van der Waals surface area contributed by atoms with Crippen molar-refractivity contribution < 1.29 is 13.7 Å². The minimum atomic E-state index is -0.319. The predicted molar refractivity (Wildman–Crippen MR) is 117 cm³/mol. The molecular weight excluding hydrogens is 397 g/mol. The minimum absolute atomic E-state index is 0.229. The van der Waals surface area contributed by atoms with Crippen LogP contribution in [0.1, 0.15) is 37.6 Å². The zero-order valence-electron chi connectivity index (χ0n) is 18.2. The molecule has 0 amide bonds. The van der Waals surface area contributed by atoms with Crippen molar-refractivity contribution in [1.29, 1.82) is 0 Å². The number of nitrogens with one attached hydrogen (secondary N) is 1. The van der Waals surface area contributed by atoms with Crippen molar-refractivity contribution in [2.75, 3.05) is 24.7 Å². The van der Waals surface area contributed by atoms with Crippen molar-refractivity contribution in [3.8, 4) is 11.5 Å². The Bertz CT molecular complexity index is 1100. The molecule has 3 aromatic rings. The highest BCUT2D eigenvalue weighted by atomic mass is 19.1. The van der Waals surface area contributed by atoms with Crippen LogP contribution in [0.15, 0.2) is 22.7 Å². The molecule has 0 radical (unpaired) electrons. The molecule has 1 unspecified atom stereocenters. The number of pyridine rings is 1. The molecule has 0 saturated carbocycles. The summed E-state index contributed by atoms with van der Waals surface area (Å²) in [5.41, 5.74) is 2.07. The van der Waals surface area contributed by atoms with Crippen molar-refractivity contribution in [2.45, 2.75) is 58.2 Å². The number of para-hydroxylation sites is 1. The summed E-state index contributed by atoms with van der Waals surface area (Å²) in [7, 11) is 0. The molecule has 8 heteroatoms. The lowest BCUT2D eigenvalue weighted by atomic mass is 9.95. The standard InChI is InChI=1S/C23H28FN5O2/c1-13-11-16(26-17-8-10-30-12-17)7-9-29(13)22-20(23-25-15(3)28-31-23)14(2)18-5-4-6-19(24)21(18)27-22/h4-6,13,16-17,26H,7-12H2,1-3H3/t13-,16-,17?/m1/s1. The van der Waals surface area contributed by atoms with E-state index in [1.165, 1.54) is 6.07 Å². The van der Waals surface area contributed by atoms with Crippen LogP contribution in [-0.4, -0.2) is 53.0 Å². The van der Waals surface area contributed by atoms with E-state index in [0.29, 0.717) is 35.1 Å².